The lowest BCUT2D eigenvalue weighted by Gasteiger charge is -2.20. The number of hydrogen-bond acceptors (Lipinski definition) is 8. The van der Waals surface area contributed by atoms with Crippen molar-refractivity contribution in [2.24, 2.45) is 5.73 Å². The first-order chi connectivity index (χ1) is 24.7. The number of carboxylic acid groups (broad SMARTS) is 1. The van der Waals surface area contributed by atoms with Gasteiger partial charge >= 0.3 is 19.8 Å². The molecular weight excluding hydrogens is 669 g/mol. The molecule has 0 aliphatic heterocycles. The summed E-state index contributed by atoms with van der Waals surface area (Å²) in [4.78, 5) is 33.4. The number of carboxylic acids is 1. The molecule has 0 aromatic carbocycles. The van der Waals surface area contributed by atoms with Crippen molar-refractivity contribution in [1.29, 1.82) is 0 Å². The normalized spacial score (nSPS) is 14.7. The number of ether oxygens (including phenoxy) is 2. The van der Waals surface area contributed by atoms with E-state index in [1.54, 1.807) is 0 Å². The van der Waals surface area contributed by atoms with Crippen molar-refractivity contribution in [2.75, 3.05) is 26.4 Å². The Hall–Kier alpha value is -2.33. The van der Waals surface area contributed by atoms with Crippen molar-refractivity contribution < 1.29 is 42.7 Å². The Labute approximate surface area is 309 Å². The summed E-state index contributed by atoms with van der Waals surface area (Å²) in [5.74, 6) is -1.82. The molecule has 0 saturated heterocycles. The molecule has 0 rings (SSSR count). The van der Waals surface area contributed by atoms with Crippen LogP contribution in [-0.2, 0) is 32.7 Å². The van der Waals surface area contributed by atoms with Crippen molar-refractivity contribution in [1.82, 2.24) is 0 Å². The molecule has 11 heteroatoms. The van der Waals surface area contributed by atoms with Crippen molar-refractivity contribution in [3.63, 3.8) is 0 Å². The maximum absolute atomic E-state index is 12.5. The number of rotatable bonds is 36. The van der Waals surface area contributed by atoms with Gasteiger partial charge in [-0.1, -0.05) is 120 Å². The predicted octanol–water partition coefficient (Wildman–Crippen LogP) is 10.1. The number of nitrogens with two attached hydrogens (primary N) is 1. The fourth-order valence-corrected chi connectivity index (χ4v) is 5.54. The van der Waals surface area contributed by atoms with E-state index in [0.717, 1.165) is 70.6 Å². The summed E-state index contributed by atoms with van der Waals surface area (Å²) in [5.41, 5.74) is 5.33. The predicted molar refractivity (Wildman–Crippen MR) is 207 cm³/mol. The highest BCUT2D eigenvalue weighted by Crippen LogP contribution is 2.43. The average Bonchev–Trinajstić information content (AvgIpc) is 3.10. The summed E-state index contributed by atoms with van der Waals surface area (Å²) in [6.45, 7) is 3.65. The number of carbonyl (C=O) groups is 2. The highest BCUT2D eigenvalue weighted by molar-refractivity contribution is 7.47. The monoisotopic (exact) mass is 739 g/mol. The van der Waals surface area contributed by atoms with Gasteiger partial charge in [0.1, 0.15) is 12.1 Å². The molecule has 0 aliphatic rings. The van der Waals surface area contributed by atoms with E-state index < -0.39 is 45.1 Å². The van der Waals surface area contributed by atoms with Crippen LogP contribution in [0.1, 0.15) is 142 Å². The number of phosphoric acid groups is 1. The lowest BCUT2D eigenvalue weighted by molar-refractivity contribution is -0.154. The third-order valence-corrected chi connectivity index (χ3v) is 8.73. The highest BCUT2D eigenvalue weighted by atomic mass is 31.2. The topological polar surface area (TPSA) is 155 Å². The zero-order valence-corrected chi connectivity index (χ0v) is 32.6. The van der Waals surface area contributed by atoms with Gasteiger partial charge < -0.3 is 25.2 Å². The van der Waals surface area contributed by atoms with Crippen LogP contribution in [0.25, 0.3) is 0 Å². The fourth-order valence-electron chi connectivity index (χ4n) is 4.76. The molecule has 10 nitrogen and oxygen atoms in total. The summed E-state index contributed by atoms with van der Waals surface area (Å²) < 4.78 is 33.2. The quantitative estimate of drug-likeness (QED) is 0.0245. The average molecular weight is 740 g/mol. The number of allylic oxidation sites excluding steroid dienone is 10. The lowest BCUT2D eigenvalue weighted by Crippen LogP contribution is -2.34. The zero-order chi connectivity index (χ0) is 37.7. The minimum Gasteiger partial charge on any atom is -0.480 e. The largest absolute Gasteiger partial charge is 0.480 e. The maximum atomic E-state index is 12.5. The Morgan fingerprint density at radius 2 is 1.14 bits per heavy atom. The van der Waals surface area contributed by atoms with Gasteiger partial charge in [-0.2, -0.15) is 0 Å². The molecular formula is C40H70NO9P. The molecule has 3 atom stereocenters. The van der Waals surface area contributed by atoms with Crippen LogP contribution in [0.15, 0.2) is 60.8 Å². The van der Waals surface area contributed by atoms with Gasteiger partial charge in [0.25, 0.3) is 0 Å². The molecule has 51 heavy (non-hydrogen) atoms. The summed E-state index contributed by atoms with van der Waals surface area (Å²) in [6, 6.07) is -1.48. The molecule has 0 saturated carbocycles. The molecule has 0 amide bonds. The Kier molecular flexibility index (Phi) is 34.4. The molecule has 0 spiro atoms. The molecule has 294 valence electrons. The maximum Gasteiger partial charge on any atom is 0.472 e. The number of aliphatic carboxylic acids is 1. The van der Waals surface area contributed by atoms with Gasteiger partial charge in [0, 0.05) is 13.0 Å². The first-order valence-corrected chi connectivity index (χ1v) is 20.8. The van der Waals surface area contributed by atoms with Gasteiger partial charge in [-0.05, 0) is 77.0 Å². The summed E-state index contributed by atoms with van der Waals surface area (Å²) >= 11 is 0. The van der Waals surface area contributed by atoms with E-state index in [9.17, 15) is 19.0 Å². The van der Waals surface area contributed by atoms with Crippen molar-refractivity contribution >= 4 is 19.8 Å². The smallest absolute Gasteiger partial charge is 0.472 e. The van der Waals surface area contributed by atoms with Crippen molar-refractivity contribution in [3.05, 3.63) is 60.8 Å². The van der Waals surface area contributed by atoms with Crippen LogP contribution in [0.3, 0.4) is 0 Å². The minimum atomic E-state index is -4.62. The van der Waals surface area contributed by atoms with Gasteiger partial charge in [0.15, 0.2) is 0 Å². The Morgan fingerprint density at radius 1 is 0.647 bits per heavy atom. The molecule has 0 heterocycles. The second-order valence-electron chi connectivity index (χ2n) is 12.7. The van der Waals surface area contributed by atoms with Crippen molar-refractivity contribution in [2.45, 2.75) is 154 Å². The van der Waals surface area contributed by atoms with Gasteiger partial charge in [0.05, 0.1) is 19.8 Å². The third-order valence-electron chi connectivity index (χ3n) is 7.78. The Balaban J connectivity index is 4.37. The second-order valence-corrected chi connectivity index (χ2v) is 14.1. The number of phosphoric ester groups is 1. The van der Waals surface area contributed by atoms with Crippen molar-refractivity contribution in [3.8, 4) is 0 Å². The Bertz CT molecular complexity index is 1040. The molecule has 0 aromatic rings. The minimum absolute atomic E-state index is 0.00518. The molecule has 0 bridgehead atoms. The van der Waals surface area contributed by atoms with Crippen LogP contribution in [0.4, 0.5) is 0 Å². The molecule has 0 radical (unpaired) electrons. The number of esters is 1. The van der Waals surface area contributed by atoms with Gasteiger partial charge in [-0.3, -0.25) is 18.6 Å². The van der Waals surface area contributed by atoms with Crippen LogP contribution in [-0.4, -0.2) is 60.5 Å². The van der Waals surface area contributed by atoms with Crippen LogP contribution in [0, 0.1) is 0 Å². The summed E-state index contributed by atoms with van der Waals surface area (Å²) in [7, 11) is -4.62. The second kappa shape index (κ2) is 36.0. The Morgan fingerprint density at radius 3 is 1.71 bits per heavy atom. The standard InChI is InChI=1S/C40H70NO9P/c1-3-5-7-9-11-13-15-17-18-19-21-23-25-27-29-31-33-47-34-37(35-48-51(45,46)49-36-38(41)40(43)44)50-39(42)32-30-28-26-24-22-20-16-14-12-10-8-6-4-2/h6,8,11-14,17-18,20,22,37-38H,3-5,7,9-10,15-16,19,21,23-36,41H2,1-2H3,(H,43,44)(H,45,46)/b8-6-,13-11-,14-12-,18-17-,22-20-. The SMILES string of the molecule is CC/C=C\C/C=C\C/C=C\CCCCCC(=O)OC(COCCCCCCCC/C=C\C/C=C\CCCCC)COP(=O)(O)OCC(N)C(=O)O. The molecule has 0 aromatic heterocycles. The van der Waals surface area contributed by atoms with Crippen LogP contribution < -0.4 is 5.73 Å². The first-order valence-electron chi connectivity index (χ1n) is 19.3. The number of hydrogen-bond donors (Lipinski definition) is 3. The van der Waals surface area contributed by atoms with E-state index in [0.29, 0.717) is 13.0 Å². The van der Waals surface area contributed by atoms with Crippen LogP contribution in [0.2, 0.25) is 0 Å². The molecule has 0 fully saturated rings. The van der Waals surface area contributed by atoms with Crippen LogP contribution >= 0.6 is 7.82 Å². The summed E-state index contributed by atoms with van der Waals surface area (Å²) in [6.07, 6.45) is 41.3. The third kappa shape index (κ3) is 35.8. The molecule has 0 aliphatic carbocycles. The van der Waals surface area contributed by atoms with E-state index in [1.165, 1.54) is 44.9 Å². The number of unbranched alkanes of at least 4 members (excludes halogenated alkanes) is 12. The fraction of sp³-hybridized carbons (Fsp3) is 0.700. The van der Waals surface area contributed by atoms with Crippen LogP contribution in [0.5, 0.6) is 0 Å². The molecule has 4 N–H and O–H groups in total. The van der Waals surface area contributed by atoms with E-state index in [2.05, 4.69) is 79.1 Å². The van der Waals surface area contributed by atoms with E-state index in [-0.39, 0.29) is 13.0 Å². The van der Waals surface area contributed by atoms with Gasteiger partial charge in [0.2, 0.25) is 0 Å². The van der Waals surface area contributed by atoms with Gasteiger partial charge in [-0.25, -0.2) is 4.57 Å². The van der Waals surface area contributed by atoms with E-state index in [1.807, 2.05) is 0 Å². The number of carbonyl (C=O) groups excluding carboxylic acids is 1. The molecule has 3 unspecified atom stereocenters. The zero-order valence-electron chi connectivity index (χ0n) is 31.7. The highest BCUT2D eigenvalue weighted by Gasteiger charge is 2.27. The first kappa shape index (κ1) is 48.7. The van der Waals surface area contributed by atoms with E-state index in [4.69, 9.17) is 24.8 Å². The summed E-state index contributed by atoms with van der Waals surface area (Å²) in [5, 5.41) is 8.87. The van der Waals surface area contributed by atoms with E-state index >= 15 is 0 Å². The lowest BCUT2D eigenvalue weighted by atomic mass is 10.1. The van der Waals surface area contributed by atoms with Gasteiger partial charge in [-0.15, -0.1) is 0 Å².